The molecule has 0 bridgehead atoms. The highest BCUT2D eigenvalue weighted by Crippen LogP contribution is 2.22. The molecule has 0 aliphatic carbocycles. The third kappa shape index (κ3) is 2.76. The van der Waals surface area contributed by atoms with E-state index < -0.39 is 0 Å². The van der Waals surface area contributed by atoms with Crippen LogP contribution in [-0.2, 0) is 13.1 Å². The van der Waals surface area contributed by atoms with Gasteiger partial charge in [0.25, 0.3) is 0 Å². The second-order valence-corrected chi connectivity index (χ2v) is 5.39. The lowest BCUT2D eigenvalue weighted by Crippen LogP contribution is -1.99. The zero-order valence-electron chi connectivity index (χ0n) is 10.8. The highest BCUT2D eigenvalue weighted by Gasteiger charge is 2.01. The van der Waals surface area contributed by atoms with Gasteiger partial charge in [-0.1, -0.05) is 6.92 Å². The zero-order valence-corrected chi connectivity index (χ0v) is 11.7. The molecular weight excluding hydrogens is 256 g/mol. The number of aryl methyl sites for hydroxylation is 1. The highest BCUT2D eigenvalue weighted by atomic mass is 32.1. The van der Waals surface area contributed by atoms with Gasteiger partial charge in [-0.2, -0.15) is 5.10 Å². The molecule has 0 amide bonds. The molecule has 3 rings (SSSR count). The predicted octanol–water partition coefficient (Wildman–Crippen LogP) is 3.51. The van der Waals surface area contributed by atoms with E-state index >= 15 is 0 Å². The van der Waals surface area contributed by atoms with Crippen LogP contribution >= 0.6 is 11.3 Å². The fraction of sp³-hybridized carbons (Fsp3) is 0.286. The Balaban J connectivity index is 1.67. The first-order chi connectivity index (χ1) is 9.35. The minimum absolute atomic E-state index is 0.800. The monoisotopic (exact) mass is 272 g/mol. The molecule has 0 radical (unpaired) electrons. The summed E-state index contributed by atoms with van der Waals surface area (Å²) in [6.45, 7) is 3.94. The van der Waals surface area contributed by atoms with Crippen molar-refractivity contribution in [1.29, 1.82) is 0 Å². The fourth-order valence-electron chi connectivity index (χ4n) is 2.02. The molecule has 4 nitrogen and oxygen atoms in total. The van der Waals surface area contributed by atoms with Crippen LogP contribution < -0.4 is 5.32 Å². The molecule has 0 unspecified atom stereocenters. The average molecular weight is 272 g/mol. The van der Waals surface area contributed by atoms with Crippen molar-refractivity contribution in [2.45, 2.75) is 26.4 Å². The molecule has 98 valence electrons. The molecule has 2 aromatic heterocycles. The van der Waals surface area contributed by atoms with Gasteiger partial charge >= 0.3 is 0 Å². The number of hydrogen-bond acceptors (Lipinski definition) is 4. The Hall–Kier alpha value is -1.88. The number of rotatable bonds is 5. The smallest absolute Gasteiger partial charge is 0.0813 e. The lowest BCUT2D eigenvalue weighted by molar-refractivity contribution is 0.602. The fourth-order valence-corrected chi connectivity index (χ4v) is 2.73. The maximum Gasteiger partial charge on any atom is 0.0813 e. The van der Waals surface area contributed by atoms with E-state index in [0.29, 0.717) is 0 Å². The van der Waals surface area contributed by atoms with Gasteiger partial charge in [-0.05, 0) is 24.6 Å². The predicted molar refractivity (Wildman–Crippen MR) is 79.5 cm³/mol. The summed E-state index contributed by atoms with van der Waals surface area (Å²) in [7, 11) is 0. The van der Waals surface area contributed by atoms with Crippen LogP contribution in [0.2, 0.25) is 0 Å². The maximum atomic E-state index is 4.33. The molecule has 1 aromatic carbocycles. The normalized spacial score (nSPS) is 11.0. The number of benzene rings is 1. The van der Waals surface area contributed by atoms with Gasteiger partial charge < -0.3 is 5.32 Å². The van der Waals surface area contributed by atoms with Crippen LogP contribution in [0, 0.1) is 0 Å². The van der Waals surface area contributed by atoms with Gasteiger partial charge in [0.2, 0.25) is 0 Å². The highest BCUT2D eigenvalue weighted by molar-refractivity contribution is 7.16. The third-order valence-corrected chi connectivity index (χ3v) is 3.76. The summed E-state index contributed by atoms with van der Waals surface area (Å²) in [5.74, 6) is 0. The van der Waals surface area contributed by atoms with Crippen molar-refractivity contribution in [3.63, 3.8) is 0 Å². The lowest BCUT2D eigenvalue weighted by atomic mass is 10.3. The topological polar surface area (TPSA) is 42.7 Å². The van der Waals surface area contributed by atoms with E-state index in [2.05, 4.69) is 46.7 Å². The Morgan fingerprint density at radius 2 is 2.32 bits per heavy atom. The van der Waals surface area contributed by atoms with Gasteiger partial charge in [-0.3, -0.25) is 4.68 Å². The number of fused-ring (bicyclic) bond motifs is 1. The average Bonchev–Trinajstić information content (AvgIpc) is 3.04. The Bertz CT molecular complexity index is 671. The second-order valence-electron chi connectivity index (χ2n) is 4.50. The largest absolute Gasteiger partial charge is 0.381 e. The van der Waals surface area contributed by atoms with Crippen molar-refractivity contribution in [1.82, 2.24) is 14.8 Å². The number of anilines is 1. The van der Waals surface area contributed by atoms with Crippen molar-refractivity contribution in [2.75, 3.05) is 5.32 Å². The molecule has 0 saturated carbocycles. The van der Waals surface area contributed by atoms with Crippen LogP contribution in [-0.4, -0.2) is 14.8 Å². The summed E-state index contributed by atoms with van der Waals surface area (Å²) in [6, 6.07) is 6.26. The lowest BCUT2D eigenvalue weighted by Gasteiger charge is -2.04. The molecule has 3 aromatic rings. The first-order valence-corrected chi connectivity index (χ1v) is 7.31. The Morgan fingerprint density at radius 3 is 3.21 bits per heavy atom. The van der Waals surface area contributed by atoms with Crippen molar-refractivity contribution < 1.29 is 0 Å². The van der Waals surface area contributed by atoms with Crippen LogP contribution in [0.25, 0.3) is 10.2 Å². The van der Waals surface area contributed by atoms with E-state index in [0.717, 1.165) is 30.7 Å². The number of thiazole rings is 1. The Kier molecular flexibility index (Phi) is 3.46. The van der Waals surface area contributed by atoms with Gasteiger partial charge in [0.15, 0.2) is 0 Å². The molecule has 1 N–H and O–H groups in total. The third-order valence-electron chi connectivity index (χ3n) is 2.97. The summed E-state index contributed by atoms with van der Waals surface area (Å²) in [5, 5.41) is 7.75. The van der Waals surface area contributed by atoms with Gasteiger partial charge in [0.1, 0.15) is 0 Å². The molecule has 0 aliphatic heterocycles. The maximum absolute atomic E-state index is 4.33. The second kappa shape index (κ2) is 5.40. The number of hydrogen-bond donors (Lipinski definition) is 1. The molecule has 0 atom stereocenters. The van der Waals surface area contributed by atoms with Crippen LogP contribution in [0.4, 0.5) is 5.69 Å². The van der Waals surface area contributed by atoms with Gasteiger partial charge in [0.05, 0.1) is 21.9 Å². The molecule has 0 saturated heterocycles. The number of nitrogens with zero attached hydrogens (tertiary/aromatic N) is 3. The van der Waals surface area contributed by atoms with Crippen LogP contribution in [0.1, 0.15) is 18.9 Å². The van der Waals surface area contributed by atoms with E-state index in [-0.39, 0.29) is 0 Å². The summed E-state index contributed by atoms with van der Waals surface area (Å²) in [6.07, 6.45) is 5.13. The SMILES string of the molecule is CCCn1cc(CNc2ccc3ncsc3c2)cn1. The molecular formula is C14H16N4S. The first-order valence-electron chi connectivity index (χ1n) is 6.43. The first kappa shape index (κ1) is 12.2. The minimum Gasteiger partial charge on any atom is -0.381 e. The van der Waals surface area contributed by atoms with Crippen molar-refractivity contribution in [2.24, 2.45) is 0 Å². The Labute approximate surface area is 116 Å². The molecule has 0 fully saturated rings. The minimum atomic E-state index is 0.800. The van der Waals surface area contributed by atoms with E-state index in [1.807, 2.05) is 16.4 Å². The van der Waals surface area contributed by atoms with E-state index in [1.54, 1.807) is 11.3 Å². The van der Waals surface area contributed by atoms with Gasteiger partial charge in [-0.25, -0.2) is 4.98 Å². The van der Waals surface area contributed by atoms with Crippen LogP contribution in [0.3, 0.4) is 0 Å². The van der Waals surface area contributed by atoms with Crippen LogP contribution in [0.15, 0.2) is 36.1 Å². The molecule has 5 heteroatoms. The Morgan fingerprint density at radius 1 is 1.37 bits per heavy atom. The summed E-state index contributed by atoms with van der Waals surface area (Å²) < 4.78 is 3.20. The van der Waals surface area contributed by atoms with Crippen LogP contribution in [0.5, 0.6) is 0 Å². The van der Waals surface area contributed by atoms with E-state index in [1.165, 1.54) is 10.3 Å². The van der Waals surface area contributed by atoms with Crippen molar-refractivity contribution >= 4 is 27.2 Å². The summed E-state index contributed by atoms with van der Waals surface area (Å²) >= 11 is 1.67. The van der Waals surface area contributed by atoms with E-state index in [4.69, 9.17) is 0 Å². The molecule has 0 aliphatic rings. The molecule has 0 spiro atoms. The van der Waals surface area contributed by atoms with E-state index in [9.17, 15) is 0 Å². The van der Waals surface area contributed by atoms with Gasteiger partial charge in [-0.15, -0.1) is 11.3 Å². The molecule has 19 heavy (non-hydrogen) atoms. The standard InChI is InChI=1S/C14H16N4S/c1-2-5-18-9-11(8-17-18)7-15-12-3-4-13-14(6-12)19-10-16-13/h3-4,6,8-10,15H,2,5,7H2,1H3. The van der Waals surface area contributed by atoms with Crippen molar-refractivity contribution in [3.05, 3.63) is 41.7 Å². The number of aromatic nitrogens is 3. The zero-order chi connectivity index (χ0) is 13.1. The quantitative estimate of drug-likeness (QED) is 0.773. The summed E-state index contributed by atoms with van der Waals surface area (Å²) in [4.78, 5) is 4.28. The van der Waals surface area contributed by atoms with Gasteiger partial charge in [0, 0.05) is 30.5 Å². The molecule has 2 heterocycles. The number of nitrogens with one attached hydrogen (secondary N) is 1. The summed E-state index contributed by atoms with van der Waals surface area (Å²) in [5.41, 5.74) is 5.27. The van der Waals surface area contributed by atoms with Crippen molar-refractivity contribution in [3.8, 4) is 0 Å².